The van der Waals surface area contributed by atoms with Crippen LogP contribution in [0.15, 0.2) is 23.2 Å². The number of likely N-dealkylation sites (tertiary alicyclic amines) is 1. The maximum absolute atomic E-state index is 6.13. The van der Waals surface area contributed by atoms with Crippen molar-refractivity contribution in [1.82, 2.24) is 15.5 Å². The average molecular weight is 415 g/mol. The Labute approximate surface area is 181 Å². The normalized spacial score (nSPS) is 22.1. The Balaban J connectivity index is 1.34. The van der Waals surface area contributed by atoms with Crippen molar-refractivity contribution in [3.8, 4) is 5.75 Å². The zero-order chi connectivity index (χ0) is 20.8. The van der Waals surface area contributed by atoms with Crippen LogP contribution in [0.2, 0.25) is 0 Å². The molecule has 1 aliphatic carbocycles. The lowest BCUT2D eigenvalue weighted by Gasteiger charge is -2.45. The Morgan fingerprint density at radius 3 is 2.67 bits per heavy atom. The summed E-state index contributed by atoms with van der Waals surface area (Å²) in [7, 11) is 1.85. The summed E-state index contributed by atoms with van der Waals surface area (Å²) < 4.78 is 11.8. The van der Waals surface area contributed by atoms with Gasteiger partial charge in [0.2, 0.25) is 0 Å². The van der Waals surface area contributed by atoms with Crippen LogP contribution in [0.5, 0.6) is 5.75 Å². The SMILES string of the molecule is CN=C(NCc1ccc(C)cc1OCC1CC1)NCC1(N2CCCC2)CCOCC1. The summed E-state index contributed by atoms with van der Waals surface area (Å²) >= 11 is 0. The molecule has 3 aliphatic rings. The highest BCUT2D eigenvalue weighted by Gasteiger charge is 2.39. The van der Waals surface area contributed by atoms with Crippen molar-refractivity contribution in [2.45, 2.75) is 57.5 Å². The van der Waals surface area contributed by atoms with Crippen LogP contribution in [-0.4, -0.2) is 62.9 Å². The molecule has 2 saturated heterocycles. The number of ether oxygens (including phenoxy) is 2. The predicted molar refractivity (Wildman–Crippen MR) is 121 cm³/mol. The van der Waals surface area contributed by atoms with E-state index in [4.69, 9.17) is 9.47 Å². The summed E-state index contributed by atoms with van der Waals surface area (Å²) in [6, 6.07) is 6.48. The lowest BCUT2D eigenvalue weighted by molar-refractivity contribution is -0.0164. The van der Waals surface area contributed by atoms with Crippen molar-refractivity contribution in [2.75, 3.05) is 46.5 Å². The molecule has 0 radical (unpaired) electrons. The monoisotopic (exact) mass is 414 g/mol. The summed E-state index contributed by atoms with van der Waals surface area (Å²) in [5.41, 5.74) is 2.61. The molecule has 6 nitrogen and oxygen atoms in total. The van der Waals surface area contributed by atoms with Gasteiger partial charge in [-0.25, -0.2) is 0 Å². The fraction of sp³-hybridized carbons (Fsp3) is 0.708. The number of nitrogens with zero attached hydrogens (tertiary/aromatic N) is 2. The molecule has 2 heterocycles. The first-order valence-corrected chi connectivity index (χ1v) is 11.7. The van der Waals surface area contributed by atoms with Crippen LogP contribution >= 0.6 is 0 Å². The van der Waals surface area contributed by atoms with Crippen LogP contribution in [0.25, 0.3) is 0 Å². The van der Waals surface area contributed by atoms with Gasteiger partial charge in [0.05, 0.1) is 6.61 Å². The number of nitrogens with one attached hydrogen (secondary N) is 2. The van der Waals surface area contributed by atoms with Gasteiger partial charge in [0.1, 0.15) is 5.75 Å². The van der Waals surface area contributed by atoms with Crippen molar-refractivity contribution in [2.24, 2.45) is 10.9 Å². The Morgan fingerprint density at radius 1 is 1.20 bits per heavy atom. The second-order valence-electron chi connectivity index (χ2n) is 9.18. The van der Waals surface area contributed by atoms with Gasteiger partial charge < -0.3 is 20.1 Å². The maximum atomic E-state index is 6.13. The minimum absolute atomic E-state index is 0.189. The van der Waals surface area contributed by atoms with Crippen LogP contribution in [0, 0.1) is 12.8 Å². The third-order valence-corrected chi connectivity index (χ3v) is 6.85. The molecular weight excluding hydrogens is 376 g/mol. The molecule has 6 heteroatoms. The van der Waals surface area contributed by atoms with E-state index in [9.17, 15) is 0 Å². The number of guanidine groups is 1. The lowest BCUT2D eigenvalue weighted by Crippen LogP contribution is -2.58. The van der Waals surface area contributed by atoms with Gasteiger partial charge in [-0.1, -0.05) is 12.1 Å². The molecule has 1 saturated carbocycles. The van der Waals surface area contributed by atoms with E-state index in [1.807, 2.05) is 7.05 Å². The van der Waals surface area contributed by atoms with Crippen LogP contribution < -0.4 is 15.4 Å². The van der Waals surface area contributed by atoms with Crippen molar-refractivity contribution < 1.29 is 9.47 Å². The minimum Gasteiger partial charge on any atom is -0.493 e. The molecule has 0 unspecified atom stereocenters. The molecule has 0 spiro atoms. The summed E-state index contributed by atoms with van der Waals surface area (Å²) in [5.74, 6) is 2.61. The quantitative estimate of drug-likeness (QED) is 0.506. The summed E-state index contributed by atoms with van der Waals surface area (Å²) in [6.07, 6.45) is 7.42. The Bertz CT molecular complexity index is 720. The first-order chi connectivity index (χ1) is 14.7. The van der Waals surface area contributed by atoms with E-state index in [0.29, 0.717) is 6.54 Å². The number of hydrogen-bond donors (Lipinski definition) is 2. The predicted octanol–water partition coefficient (Wildman–Crippen LogP) is 3.09. The number of hydrogen-bond acceptors (Lipinski definition) is 4. The topological polar surface area (TPSA) is 58.1 Å². The second kappa shape index (κ2) is 10.0. The smallest absolute Gasteiger partial charge is 0.191 e. The van der Waals surface area contributed by atoms with Crippen LogP contribution in [0.4, 0.5) is 0 Å². The fourth-order valence-electron chi connectivity index (χ4n) is 4.63. The molecule has 1 aromatic carbocycles. The lowest BCUT2D eigenvalue weighted by atomic mass is 9.88. The fourth-order valence-corrected chi connectivity index (χ4v) is 4.63. The van der Waals surface area contributed by atoms with Gasteiger partial charge in [-0.3, -0.25) is 9.89 Å². The molecule has 30 heavy (non-hydrogen) atoms. The molecule has 166 valence electrons. The van der Waals surface area contributed by atoms with Crippen molar-refractivity contribution in [3.63, 3.8) is 0 Å². The molecule has 0 amide bonds. The molecule has 1 aromatic rings. The van der Waals surface area contributed by atoms with Gasteiger partial charge in [-0.05, 0) is 76.1 Å². The van der Waals surface area contributed by atoms with Crippen molar-refractivity contribution in [3.05, 3.63) is 29.3 Å². The van der Waals surface area contributed by atoms with Gasteiger partial charge in [0, 0.05) is 44.5 Å². The average Bonchev–Trinajstić information content (AvgIpc) is 3.43. The van der Waals surface area contributed by atoms with E-state index in [1.165, 1.54) is 49.9 Å². The van der Waals surface area contributed by atoms with E-state index in [1.54, 1.807) is 0 Å². The van der Waals surface area contributed by atoms with Crippen molar-refractivity contribution in [1.29, 1.82) is 0 Å². The van der Waals surface area contributed by atoms with Crippen LogP contribution in [0.3, 0.4) is 0 Å². The zero-order valence-electron chi connectivity index (χ0n) is 18.7. The molecule has 0 bridgehead atoms. The van der Waals surface area contributed by atoms with E-state index < -0.39 is 0 Å². The highest BCUT2D eigenvalue weighted by atomic mass is 16.5. The summed E-state index contributed by atoms with van der Waals surface area (Å²) in [4.78, 5) is 7.16. The molecule has 4 rings (SSSR count). The van der Waals surface area contributed by atoms with E-state index >= 15 is 0 Å². The minimum atomic E-state index is 0.189. The summed E-state index contributed by atoms with van der Waals surface area (Å²) in [5, 5.41) is 7.12. The molecule has 0 atom stereocenters. The Morgan fingerprint density at radius 2 is 1.97 bits per heavy atom. The number of aryl methyl sites for hydroxylation is 1. The molecule has 0 aromatic heterocycles. The van der Waals surface area contributed by atoms with Gasteiger partial charge in [-0.2, -0.15) is 0 Å². The van der Waals surface area contributed by atoms with E-state index in [2.05, 4.69) is 45.6 Å². The third-order valence-electron chi connectivity index (χ3n) is 6.85. The van der Waals surface area contributed by atoms with E-state index in [-0.39, 0.29) is 5.54 Å². The second-order valence-corrected chi connectivity index (χ2v) is 9.18. The van der Waals surface area contributed by atoms with Gasteiger partial charge in [0.15, 0.2) is 5.96 Å². The standard InChI is InChI=1S/C24H38N4O2/c1-19-5-8-21(22(15-19)30-17-20-6-7-20)16-26-23(25-2)27-18-24(9-13-29-14-10-24)28-11-3-4-12-28/h5,8,15,20H,3-4,6-7,9-14,16-18H2,1-2H3,(H2,25,26,27). The van der Waals surface area contributed by atoms with Crippen LogP contribution in [0.1, 0.15) is 49.7 Å². The molecule has 2 aliphatic heterocycles. The maximum Gasteiger partial charge on any atom is 0.191 e. The largest absolute Gasteiger partial charge is 0.493 e. The zero-order valence-corrected chi connectivity index (χ0v) is 18.7. The van der Waals surface area contributed by atoms with Crippen LogP contribution in [-0.2, 0) is 11.3 Å². The first kappa shape index (κ1) is 21.4. The molecule has 2 N–H and O–H groups in total. The summed E-state index contributed by atoms with van der Waals surface area (Å²) in [6.45, 7) is 8.70. The highest BCUT2D eigenvalue weighted by Crippen LogP contribution is 2.31. The number of rotatable bonds is 8. The van der Waals surface area contributed by atoms with Gasteiger partial charge in [-0.15, -0.1) is 0 Å². The number of benzene rings is 1. The molecular formula is C24H38N4O2. The Kier molecular flexibility index (Phi) is 7.16. The first-order valence-electron chi connectivity index (χ1n) is 11.7. The van der Waals surface area contributed by atoms with Gasteiger partial charge >= 0.3 is 0 Å². The highest BCUT2D eigenvalue weighted by molar-refractivity contribution is 5.79. The Hall–Kier alpha value is -1.79. The van der Waals surface area contributed by atoms with Crippen molar-refractivity contribution >= 4 is 5.96 Å². The third kappa shape index (κ3) is 5.46. The van der Waals surface area contributed by atoms with E-state index in [0.717, 1.165) is 56.8 Å². The van der Waals surface area contributed by atoms with Gasteiger partial charge in [0.25, 0.3) is 0 Å². The molecule has 3 fully saturated rings. The number of aliphatic imine (C=N–C) groups is 1.